The number of likely N-dealkylation sites (N-methyl/N-ethyl adjacent to an activating group) is 1. The molecule has 0 bridgehead atoms. The van der Waals surface area contributed by atoms with Crippen LogP contribution >= 0.6 is 0 Å². The number of halogens is 1. The number of benzene rings is 3. The van der Waals surface area contributed by atoms with Crippen LogP contribution in [0, 0.1) is 19.7 Å². The number of hydrogen-bond acceptors (Lipinski definition) is 3. The lowest BCUT2D eigenvalue weighted by Gasteiger charge is -2.22. The number of carbonyl (C=O) groups is 2. The van der Waals surface area contributed by atoms with Gasteiger partial charge >= 0.3 is 0 Å². The van der Waals surface area contributed by atoms with E-state index in [0.29, 0.717) is 11.3 Å². The lowest BCUT2D eigenvalue weighted by molar-refractivity contribution is -0.120. The van der Waals surface area contributed by atoms with Gasteiger partial charge in [-0.25, -0.2) is 9.29 Å². The maximum absolute atomic E-state index is 13.5. The van der Waals surface area contributed by atoms with Crippen LogP contribution in [-0.2, 0) is 9.59 Å². The smallest absolute Gasteiger partial charge is 0.282 e. The molecule has 30 heavy (non-hydrogen) atoms. The van der Waals surface area contributed by atoms with Crippen molar-refractivity contribution < 1.29 is 14.0 Å². The van der Waals surface area contributed by atoms with Crippen LogP contribution in [0.4, 0.5) is 15.8 Å². The molecule has 0 spiro atoms. The molecule has 2 amide bonds. The van der Waals surface area contributed by atoms with Crippen molar-refractivity contribution in [3.05, 3.63) is 101 Å². The third-order valence-corrected chi connectivity index (χ3v) is 5.14. The quantitative estimate of drug-likeness (QED) is 0.587. The molecule has 150 valence electrons. The molecule has 0 fully saturated rings. The molecule has 1 aliphatic heterocycles. The Morgan fingerprint density at radius 2 is 1.40 bits per heavy atom. The maximum atomic E-state index is 13.5. The monoisotopic (exact) mass is 400 g/mol. The summed E-state index contributed by atoms with van der Waals surface area (Å²) in [5, 5.41) is 0. The van der Waals surface area contributed by atoms with Gasteiger partial charge in [0.05, 0.1) is 11.3 Å². The molecule has 0 radical (unpaired) electrons. The molecule has 3 aromatic rings. The van der Waals surface area contributed by atoms with E-state index >= 15 is 0 Å². The van der Waals surface area contributed by atoms with Gasteiger partial charge < -0.3 is 4.90 Å². The molecule has 0 saturated carbocycles. The summed E-state index contributed by atoms with van der Waals surface area (Å²) in [7, 11) is 1.75. The van der Waals surface area contributed by atoms with Crippen LogP contribution in [0.25, 0.3) is 5.57 Å². The number of rotatable bonds is 4. The van der Waals surface area contributed by atoms with Crippen molar-refractivity contribution in [1.29, 1.82) is 0 Å². The van der Waals surface area contributed by atoms with E-state index in [1.165, 1.54) is 29.2 Å². The largest absolute Gasteiger partial charge is 0.339 e. The molecule has 0 aromatic heterocycles. The highest BCUT2D eigenvalue weighted by Gasteiger charge is 2.42. The zero-order chi connectivity index (χ0) is 21.4. The first-order valence-corrected chi connectivity index (χ1v) is 9.63. The summed E-state index contributed by atoms with van der Waals surface area (Å²) in [6.45, 7) is 3.85. The van der Waals surface area contributed by atoms with E-state index in [2.05, 4.69) is 0 Å². The molecule has 0 saturated heterocycles. The summed E-state index contributed by atoms with van der Waals surface area (Å²) in [5.74, 6) is -1.23. The second-order valence-electron chi connectivity index (χ2n) is 7.42. The maximum Gasteiger partial charge on any atom is 0.282 e. The topological polar surface area (TPSA) is 40.6 Å². The van der Waals surface area contributed by atoms with E-state index in [-0.39, 0.29) is 11.3 Å². The fourth-order valence-corrected chi connectivity index (χ4v) is 3.80. The lowest BCUT2D eigenvalue weighted by atomic mass is 10.0. The van der Waals surface area contributed by atoms with Crippen molar-refractivity contribution in [1.82, 2.24) is 0 Å². The number of hydrogen-bond donors (Lipinski definition) is 0. The summed E-state index contributed by atoms with van der Waals surface area (Å²) >= 11 is 0. The Kier molecular flexibility index (Phi) is 4.96. The molecule has 0 aliphatic carbocycles. The minimum Gasteiger partial charge on any atom is -0.339 e. The molecule has 4 rings (SSSR count). The highest BCUT2D eigenvalue weighted by molar-refractivity contribution is 6.46. The second-order valence-corrected chi connectivity index (χ2v) is 7.42. The lowest BCUT2D eigenvalue weighted by Crippen LogP contribution is -2.34. The van der Waals surface area contributed by atoms with E-state index < -0.39 is 17.6 Å². The van der Waals surface area contributed by atoms with Crippen molar-refractivity contribution in [2.24, 2.45) is 0 Å². The summed E-state index contributed by atoms with van der Waals surface area (Å²) in [6, 6.07) is 20.6. The van der Waals surface area contributed by atoms with Gasteiger partial charge in [-0.3, -0.25) is 9.59 Å². The van der Waals surface area contributed by atoms with E-state index in [1.807, 2.05) is 62.4 Å². The van der Waals surface area contributed by atoms with Crippen molar-refractivity contribution in [2.75, 3.05) is 16.8 Å². The Morgan fingerprint density at radius 3 is 2.00 bits per heavy atom. The number of aryl methyl sites for hydroxylation is 2. The Bertz CT molecular complexity index is 1150. The van der Waals surface area contributed by atoms with E-state index in [4.69, 9.17) is 0 Å². The van der Waals surface area contributed by atoms with E-state index in [9.17, 15) is 14.0 Å². The summed E-state index contributed by atoms with van der Waals surface area (Å²) in [6.07, 6.45) is 0. The average molecular weight is 400 g/mol. The minimum atomic E-state index is -0.422. The van der Waals surface area contributed by atoms with Crippen LogP contribution in [0.15, 0.2) is 78.5 Å². The Hall–Kier alpha value is -3.73. The number of para-hydroxylation sites is 1. The molecular weight excluding hydrogens is 379 g/mol. The van der Waals surface area contributed by atoms with Gasteiger partial charge in [0, 0.05) is 12.7 Å². The first-order valence-electron chi connectivity index (χ1n) is 9.63. The van der Waals surface area contributed by atoms with Crippen LogP contribution in [-0.4, -0.2) is 18.9 Å². The standard InChI is InChI=1S/C25H21FN2O2/c1-16-13-17(2)15-21(14-16)28-24(29)22(18-9-11-19(26)12-10-18)23(25(28)30)27(3)20-7-5-4-6-8-20/h4-15H,1-3H3. The molecule has 0 N–H and O–H groups in total. The van der Waals surface area contributed by atoms with Crippen molar-refractivity contribution in [3.8, 4) is 0 Å². The van der Waals surface area contributed by atoms with Crippen LogP contribution in [0.5, 0.6) is 0 Å². The second kappa shape index (κ2) is 7.59. The molecule has 1 heterocycles. The highest BCUT2D eigenvalue weighted by atomic mass is 19.1. The van der Waals surface area contributed by atoms with Crippen molar-refractivity contribution >= 4 is 28.8 Å². The van der Waals surface area contributed by atoms with Crippen molar-refractivity contribution in [3.63, 3.8) is 0 Å². The van der Waals surface area contributed by atoms with Crippen LogP contribution < -0.4 is 9.80 Å². The zero-order valence-electron chi connectivity index (χ0n) is 17.0. The van der Waals surface area contributed by atoms with Gasteiger partial charge in [-0.2, -0.15) is 0 Å². The molecule has 3 aromatic carbocycles. The number of nitrogens with zero attached hydrogens (tertiary/aromatic N) is 2. The summed E-state index contributed by atoms with van der Waals surface area (Å²) in [5.41, 5.74) is 4.23. The van der Waals surface area contributed by atoms with Gasteiger partial charge in [0.25, 0.3) is 11.8 Å². The van der Waals surface area contributed by atoms with Crippen LogP contribution in [0.1, 0.15) is 16.7 Å². The van der Waals surface area contributed by atoms with Gasteiger partial charge in [0.1, 0.15) is 11.5 Å². The fraction of sp³-hybridized carbons (Fsp3) is 0.120. The van der Waals surface area contributed by atoms with Gasteiger partial charge in [-0.1, -0.05) is 36.4 Å². The SMILES string of the molecule is Cc1cc(C)cc(N2C(=O)C(c3ccc(F)cc3)=C(N(C)c3ccccc3)C2=O)c1. The molecule has 1 aliphatic rings. The van der Waals surface area contributed by atoms with Crippen LogP contribution in [0.2, 0.25) is 0 Å². The molecular formula is C25H21FN2O2. The van der Waals surface area contributed by atoms with Crippen LogP contribution in [0.3, 0.4) is 0 Å². The first-order chi connectivity index (χ1) is 14.4. The normalized spacial score (nSPS) is 13.9. The van der Waals surface area contributed by atoms with Gasteiger partial charge in [0.2, 0.25) is 0 Å². The van der Waals surface area contributed by atoms with Crippen molar-refractivity contribution in [2.45, 2.75) is 13.8 Å². The highest BCUT2D eigenvalue weighted by Crippen LogP contribution is 2.36. The molecule has 0 unspecified atom stereocenters. The molecule has 0 atom stereocenters. The third kappa shape index (κ3) is 3.39. The number of amides is 2. The van der Waals surface area contributed by atoms with E-state index in [1.54, 1.807) is 11.9 Å². The summed E-state index contributed by atoms with van der Waals surface area (Å²) < 4.78 is 13.5. The average Bonchev–Trinajstić information content (AvgIpc) is 2.98. The predicted molar refractivity (Wildman–Crippen MR) is 117 cm³/mol. The zero-order valence-corrected chi connectivity index (χ0v) is 17.0. The fourth-order valence-electron chi connectivity index (χ4n) is 3.80. The Morgan fingerprint density at radius 1 is 0.800 bits per heavy atom. The third-order valence-electron chi connectivity index (χ3n) is 5.14. The Balaban J connectivity index is 1.89. The van der Waals surface area contributed by atoms with Gasteiger partial charge in [-0.15, -0.1) is 0 Å². The molecule has 5 heteroatoms. The first kappa shape index (κ1) is 19.6. The van der Waals surface area contributed by atoms with E-state index in [0.717, 1.165) is 16.8 Å². The predicted octanol–water partition coefficient (Wildman–Crippen LogP) is 4.86. The number of anilines is 2. The minimum absolute atomic E-state index is 0.255. The summed E-state index contributed by atoms with van der Waals surface area (Å²) in [4.78, 5) is 29.9. The Labute approximate surface area is 174 Å². The van der Waals surface area contributed by atoms with Gasteiger partial charge in [-0.05, 0) is 66.9 Å². The van der Waals surface area contributed by atoms with Gasteiger partial charge in [0.15, 0.2) is 0 Å². The number of carbonyl (C=O) groups excluding carboxylic acids is 2. The molecule has 4 nitrogen and oxygen atoms in total. The number of imide groups is 1.